The van der Waals surface area contributed by atoms with E-state index in [-0.39, 0.29) is 17.8 Å². The molecule has 0 aliphatic carbocycles. The van der Waals surface area contributed by atoms with Gasteiger partial charge < -0.3 is 14.4 Å². The molecule has 1 atom stereocenters. The Labute approximate surface area is 118 Å². The van der Waals surface area contributed by atoms with Gasteiger partial charge in [0.15, 0.2) is 0 Å². The Morgan fingerprint density at radius 2 is 2.35 bits per heavy atom. The van der Waals surface area contributed by atoms with Crippen molar-refractivity contribution in [1.82, 2.24) is 4.90 Å². The first-order valence-corrected chi connectivity index (χ1v) is 6.99. The lowest BCUT2D eigenvalue weighted by Crippen LogP contribution is -2.41. The molecule has 0 saturated carbocycles. The lowest BCUT2D eigenvalue weighted by molar-refractivity contribution is 0.0790. The van der Waals surface area contributed by atoms with Gasteiger partial charge in [0.1, 0.15) is 11.6 Å². The van der Waals surface area contributed by atoms with Crippen molar-refractivity contribution in [2.75, 3.05) is 26.3 Å². The topological polar surface area (TPSA) is 38.8 Å². The van der Waals surface area contributed by atoms with Crippen LogP contribution in [0.3, 0.4) is 0 Å². The van der Waals surface area contributed by atoms with Crippen LogP contribution in [0.15, 0.2) is 24.3 Å². The average Bonchev–Trinajstić information content (AvgIpc) is 2.46. The Morgan fingerprint density at radius 3 is 3.10 bits per heavy atom. The lowest BCUT2D eigenvalue weighted by atomic mass is 9.99. The molecule has 5 heteroatoms. The summed E-state index contributed by atoms with van der Waals surface area (Å²) in [5, 5.41) is 0. The molecule has 1 aliphatic rings. The van der Waals surface area contributed by atoms with Gasteiger partial charge in [-0.25, -0.2) is 9.18 Å². The summed E-state index contributed by atoms with van der Waals surface area (Å²) < 4.78 is 23.6. The van der Waals surface area contributed by atoms with Crippen molar-refractivity contribution in [3.05, 3.63) is 30.1 Å². The number of carbonyl (C=O) groups excluding carboxylic acids is 1. The molecule has 1 unspecified atom stereocenters. The summed E-state index contributed by atoms with van der Waals surface area (Å²) >= 11 is 0. The molecule has 2 rings (SSSR count). The molecule has 110 valence electrons. The quantitative estimate of drug-likeness (QED) is 0.851. The predicted octanol–water partition coefficient (Wildman–Crippen LogP) is 3.07. The molecule has 1 saturated heterocycles. The molecule has 0 radical (unpaired) electrons. The zero-order valence-corrected chi connectivity index (χ0v) is 11.7. The maximum atomic E-state index is 13.0. The fourth-order valence-corrected chi connectivity index (χ4v) is 2.35. The van der Waals surface area contributed by atoms with Gasteiger partial charge >= 0.3 is 6.09 Å². The fraction of sp³-hybridized carbons (Fsp3) is 0.533. The average molecular weight is 281 g/mol. The van der Waals surface area contributed by atoms with Gasteiger partial charge in [0.25, 0.3) is 0 Å². The van der Waals surface area contributed by atoms with Crippen LogP contribution in [-0.2, 0) is 4.74 Å². The molecule has 0 N–H and O–H groups in total. The maximum Gasteiger partial charge on any atom is 0.409 e. The predicted molar refractivity (Wildman–Crippen MR) is 73.2 cm³/mol. The van der Waals surface area contributed by atoms with Gasteiger partial charge in [-0.05, 0) is 31.9 Å². The van der Waals surface area contributed by atoms with E-state index < -0.39 is 0 Å². The summed E-state index contributed by atoms with van der Waals surface area (Å²) in [6, 6.07) is 6.10. The number of carbonyl (C=O) groups is 1. The van der Waals surface area contributed by atoms with Crippen LogP contribution in [0.4, 0.5) is 9.18 Å². The minimum atomic E-state index is -0.306. The van der Waals surface area contributed by atoms with Gasteiger partial charge in [-0.2, -0.15) is 0 Å². The first kappa shape index (κ1) is 14.6. The van der Waals surface area contributed by atoms with E-state index >= 15 is 0 Å². The Morgan fingerprint density at radius 1 is 1.50 bits per heavy atom. The number of likely N-dealkylation sites (tertiary alicyclic amines) is 1. The standard InChI is InChI=1S/C15H20FNO3/c1-2-19-15(18)17-8-4-5-12(10-17)11-20-14-7-3-6-13(16)9-14/h3,6-7,9,12H,2,4-5,8,10-11H2,1H3. The number of benzene rings is 1. The van der Waals surface area contributed by atoms with Gasteiger partial charge in [-0.3, -0.25) is 0 Å². The maximum absolute atomic E-state index is 13.0. The fourth-order valence-electron chi connectivity index (χ4n) is 2.35. The summed E-state index contributed by atoms with van der Waals surface area (Å²) in [6.07, 6.45) is 1.68. The van der Waals surface area contributed by atoms with E-state index in [0.29, 0.717) is 25.5 Å². The normalized spacial score (nSPS) is 18.7. The zero-order valence-electron chi connectivity index (χ0n) is 11.7. The number of nitrogens with zero attached hydrogens (tertiary/aromatic N) is 1. The highest BCUT2D eigenvalue weighted by Gasteiger charge is 2.24. The minimum absolute atomic E-state index is 0.261. The van der Waals surface area contributed by atoms with E-state index in [0.717, 1.165) is 19.4 Å². The first-order valence-electron chi connectivity index (χ1n) is 6.99. The highest BCUT2D eigenvalue weighted by atomic mass is 19.1. The second-order valence-corrected chi connectivity index (χ2v) is 4.92. The van der Waals surface area contributed by atoms with Crippen LogP contribution in [0, 0.1) is 11.7 Å². The van der Waals surface area contributed by atoms with Crippen LogP contribution < -0.4 is 4.74 Å². The van der Waals surface area contributed by atoms with Crippen molar-refractivity contribution in [1.29, 1.82) is 0 Å². The highest BCUT2D eigenvalue weighted by Crippen LogP contribution is 2.19. The smallest absolute Gasteiger partial charge is 0.409 e. The van der Waals surface area contributed by atoms with Crippen molar-refractivity contribution in [3.8, 4) is 5.75 Å². The molecule has 1 aliphatic heterocycles. The Hall–Kier alpha value is -1.78. The van der Waals surface area contributed by atoms with E-state index in [9.17, 15) is 9.18 Å². The van der Waals surface area contributed by atoms with E-state index in [4.69, 9.17) is 9.47 Å². The molecular formula is C15H20FNO3. The molecule has 0 spiro atoms. The van der Waals surface area contributed by atoms with E-state index in [1.807, 2.05) is 0 Å². The van der Waals surface area contributed by atoms with Crippen LogP contribution in [0.25, 0.3) is 0 Å². The number of piperidine rings is 1. The van der Waals surface area contributed by atoms with Crippen molar-refractivity contribution >= 4 is 6.09 Å². The lowest BCUT2D eigenvalue weighted by Gasteiger charge is -2.31. The molecule has 1 fully saturated rings. The molecule has 0 bridgehead atoms. The van der Waals surface area contributed by atoms with Crippen LogP contribution in [0.5, 0.6) is 5.75 Å². The Bertz CT molecular complexity index is 452. The third kappa shape index (κ3) is 4.11. The van der Waals surface area contributed by atoms with Gasteiger partial charge in [0, 0.05) is 25.1 Å². The molecule has 20 heavy (non-hydrogen) atoms. The van der Waals surface area contributed by atoms with Crippen molar-refractivity contribution < 1.29 is 18.7 Å². The Kier molecular flexibility index (Phi) is 5.21. The number of halogens is 1. The number of hydrogen-bond donors (Lipinski definition) is 0. The van der Waals surface area contributed by atoms with Crippen molar-refractivity contribution in [2.24, 2.45) is 5.92 Å². The molecule has 1 aromatic rings. The summed E-state index contributed by atoms with van der Waals surface area (Å²) in [5.74, 6) is 0.481. The summed E-state index contributed by atoms with van der Waals surface area (Å²) in [5.41, 5.74) is 0. The van der Waals surface area contributed by atoms with E-state index in [1.165, 1.54) is 12.1 Å². The second-order valence-electron chi connectivity index (χ2n) is 4.92. The van der Waals surface area contributed by atoms with Crippen molar-refractivity contribution in [3.63, 3.8) is 0 Å². The summed E-state index contributed by atoms with van der Waals surface area (Å²) in [6.45, 7) is 4.04. The molecule has 1 aromatic carbocycles. The van der Waals surface area contributed by atoms with Gasteiger partial charge in [0.05, 0.1) is 13.2 Å². The first-order chi connectivity index (χ1) is 9.69. The third-order valence-electron chi connectivity index (χ3n) is 3.33. The molecule has 1 amide bonds. The minimum Gasteiger partial charge on any atom is -0.493 e. The van der Waals surface area contributed by atoms with Crippen LogP contribution >= 0.6 is 0 Å². The number of amides is 1. The monoisotopic (exact) mass is 281 g/mol. The SMILES string of the molecule is CCOC(=O)N1CCCC(COc2cccc(F)c2)C1. The molecule has 0 aromatic heterocycles. The van der Waals surface area contributed by atoms with Crippen LogP contribution in [0.2, 0.25) is 0 Å². The summed E-state index contributed by atoms with van der Waals surface area (Å²) in [4.78, 5) is 13.4. The van der Waals surface area contributed by atoms with E-state index in [2.05, 4.69) is 0 Å². The number of rotatable bonds is 4. The van der Waals surface area contributed by atoms with Crippen molar-refractivity contribution in [2.45, 2.75) is 19.8 Å². The van der Waals surface area contributed by atoms with Gasteiger partial charge in [-0.1, -0.05) is 6.07 Å². The summed E-state index contributed by atoms with van der Waals surface area (Å²) in [7, 11) is 0. The van der Waals surface area contributed by atoms with Crippen LogP contribution in [0.1, 0.15) is 19.8 Å². The number of hydrogen-bond acceptors (Lipinski definition) is 3. The van der Waals surface area contributed by atoms with Gasteiger partial charge in [-0.15, -0.1) is 0 Å². The highest BCUT2D eigenvalue weighted by molar-refractivity contribution is 5.67. The Balaban J connectivity index is 1.82. The number of ether oxygens (including phenoxy) is 2. The zero-order chi connectivity index (χ0) is 14.4. The van der Waals surface area contributed by atoms with Gasteiger partial charge in [0.2, 0.25) is 0 Å². The largest absolute Gasteiger partial charge is 0.493 e. The van der Waals surface area contributed by atoms with E-state index in [1.54, 1.807) is 24.0 Å². The molecular weight excluding hydrogens is 261 g/mol. The molecule has 4 nitrogen and oxygen atoms in total. The third-order valence-corrected chi connectivity index (χ3v) is 3.33. The second kappa shape index (κ2) is 7.12. The van der Waals surface area contributed by atoms with Crippen LogP contribution in [-0.4, -0.2) is 37.3 Å². The molecule has 1 heterocycles.